The van der Waals surface area contributed by atoms with Gasteiger partial charge in [-0.3, -0.25) is 0 Å². The standard InChI is InChI=1S/C10H17N3O/c1-8-4-5-11-10-9(3-2-6-14)7-12-13(8)10/h7-8,11,14H,2-6H2,1H3. The van der Waals surface area contributed by atoms with Gasteiger partial charge in [-0.05, 0) is 26.2 Å². The molecule has 2 heterocycles. The number of nitrogens with zero attached hydrogens (tertiary/aromatic N) is 2. The number of hydrogen-bond donors (Lipinski definition) is 2. The summed E-state index contributed by atoms with van der Waals surface area (Å²) in [5.41, 5.74) is 1.23. The molecule has 1 aliphatic rings. The van der Waals surface area contributed by atoms with Crippen molar-refractivity contribution in [2.45, 2.75) is 32.2 Å². The fourth-order valence-corrected chi connectivity index (χ4v) is 1.90. The van der Waals surface area contributed by atoms with Gasteiger partial charge in [0, 0.05) is 18.7 Å². The number of nitrogens with one attached hydrogen (secondary N) is 1. The van der Waals surface area contributed by atoms with Crippen LogP contribution in [0.1, 0.15) is 31.4 Å². The van der Waals surface area contributed by atoms with Crippen LogP contribution in [-0.2, 0) is 6.42 Å². The van der Waals surface area contributed by atoms with Crippen molar-refractivity contribution >= 4 is 5.82 Å². The molecular formula is C10H17N3O. The van der Waals surface area contributed by atoms with Crippen LogP contribution in [-0.4, -0.2) is 28.0 Å². The number of aromatic nitrogens is 2. The third-order valence-corrected chi connectivity index (χ3v) is 2.75. The first-order valence-corrected chi connectivity index (χ1v) is 5.24. The number of aliphatic hydroxyl groups is 1. The summed E-state index contributed by atoms with van der Waals surface area (Å²) in [4.78, 5) is 0. The maximum atomic E-state index is 8.77. The van der Waals surface area contributed by atoms with E-state index < -0.39 is 0 Å². The van der Waals surface area contributed by atoms with Gasteiger partial charge in [0.25, 0.3) is 0 Å². The largest absolute Gasteiger partial charge is 0.396 e. The lowest BCUT2D eigenvalue weighted by Crippen LogP contribution is -2.22. The molecule has 1 aromatic rings. The second-order valence-corrected chi connectivity index (χ2v) is 3.85. The second-order valence-electron chi connectivity index (χ2n) is 3.85. The van der Waals surface area contributed by atoms with Crippen molar-refractivity contribution in [3.8, 4) is 0 Å². The summed E-state index contributed by atoms with van der Waals surface area (Å²) in [6.07, 6.45) is 4.77. The van der Waals surface area contributed by atoms with Crippen molar-refractivity contribution in [1.82, 2.24) is 9.78 Å². The highest BCUT2D eigenvalue weighted by molar-refractivity contribution is 5.45. The lowest BCUT2D eigenvalue weighted by atomic mass is 10.1. The van der Waals surface area contributed by atoms with Gasteiger partial charge in [-0.25, -0.2) is 4.68 Å². The molecule has 0 fully saturated rings. The molecule has 1 atom stereocenters. The summed E-state index contributed by atoms with van der Waals surface area (Å²) in [6.45, 7) is 3.46. The average molecular weight is 195 g/mol. The number of fused-ring (bicyclic) bond motifs is 1. The molecular weight excluding hydrogens is 178 g/mol. The summed E-state index contributed by atoms with van der Waals surface area (Å²) in [5, 5.41) is 16.5. The van der Waals surface area contributed by atoms with Crippen LogP contribution in [0.4, 0.5) is 5.82 Å². The van der Waals surface area contributed by atoms with Crippen LogP contribution in [0, 0.1) is 0 Å². The summed E-state index contributed by atoms with van der Waals surface area (Å²) in [7, 11) is 0. The predicted octanol–water partition coefficient (Wildman–Crippen LogP) is 1.18. The van der Waals surface area contributed by atoms with E-state index >= 15 is 0 Å². The fourth-order valence-electron chi connectivity index (χ4n) is 1.90. The number of rotatable bonds is 3. The van der Waals surface area contributed by atoms with E-state index in [0.29, 0.717) is 6.04 Å². The van der Waals surface area contributed by atoms with Gasteiger partial charge in [0.15, 0.2) is 0 Å². The molecule has 1 unspecified atom stereocenters. The Balaban J connectivity index is 2.18. The zero-order valence-corrected chi connectivity index (χ0v) is 8.53. The van der Waals surface area contributed by atoms with E-state index in [1.54, 1.807) is 0 Å². The quantitative estimate of drug-likeness (QED) is 0.761. The summed E-state index contributed by atoms with van der Waals surface area (Å²) in [5.74, 6) is 1.15. The Labute approximate surface area is 83.9 Å². The van der Waals surface area contributed by atoms with Crippen molar-refractivity contribution in [2.24, 2.45) is 0 Å². The van der Waals surface area contributed by atoms with Crippen LogP contribution >= 0.6 is 0 Å². The van der Waals surface area contributed by atoms with Gasteiger partial charge in [-0.2, -0.15) is 5.10 Å². The second kappa shape index (κ2) is 4.00. The zero-order chi connectivity index (χ0) is 9.97. The van der Waals surface area contributed by atoms with Crippen molar-refractivity contribution < 1.29 is 5.11 Å². The Morgan fingerprint density at radius 1 is 1.71 bits per heavy atom. The van der Waals surface area contributed by atoms with Gasteiger partial charge in [0.1, 0.15) is 5.82 Å². The van der Waals surface area contributed by atoms with Crippen molar-refractivity contribution in [1.29, 1.82) is 0 Å². The molecule has 0 spiro atoms. The van der Waals surface area contributed by atoms with Crippen molar-refractivity contribution in [2.75, 3.05) is 18.5 Å². The van der Waals surface area contributed by atoms with E-state index in [-0.39, 0.29) is 6.61 Å². The fraction of sp³-hybridized carbons (Fsp3) is 0.700. The zero-order valence-electron chi connectivity index (χ0n) is 8.53. The first-order valence-electron chi connectivity index (χ1n) is 5.24. The Morgan fingerprint density at radius 2 is 2.57 bits per heavy atom. The predicted molar refractivity (Wildman–Crippen MR) is 55.5 cm³/mol. The molecule has 0 amide bonds. The molecule has 1 aliphatic heterocycles. The number of anilines is 1. The van der Waals surface area contributed by atoms with Gasteiger partial charge in [0.05, 0.1) is 12.2 Å². The van der Waals surface area contributed by atoms with Crippen LogP contribution in [0.15, 0.2) is 6.20 Å². The summed E-state index contributed by atoms with van der Waals surface area (Å²) < 4.78 is 2.05. The highest BCUT2D eigenvalue weighted by Gasteiger charge is 2.18. The minimum absolute atomic E-state index is 0.250. The number of hydrogen-bond acceptors (Lipinski definition) is 3. The monoisotopic (exact) mass is 195 g/mol. The maximum Gasteiger partial charge on any atom is 0.127 e. The first-order chi connectivity index (χ1) is 6.83. The third-order valence-electron chi connectivity index (χ3n) is 2.75. The lowest BCUT2D eigenvalue weighted by molar-refractivity contribution is 0.288. The number of aryl methyl sites for hydroxylation is 1. The van der Waals surface area contributed by atoms with Gasteiger partial charge in [-0.15, -0.1) is 0 Å². The van der Waals surface area contributed by atoms with Gasteiger partial charge < -0.3 is 10.4 Å². The highest BCUT2D eigenvalue weighted by atomic mass is 16.2. The molecule has 78 valence electrons. The van der Waals surface area contributed by atoms with Gasteiger partial charge in [-0.1, -0.05) is 0 Å². The molecule has 0 saturated heterocycles. The van der Waals surface area contributed by atoms with E-state index in [1.807, 2.05) is 6.20 Å². The molecule has 2 N–H and O–H groups in total. The number of aliphatic hydroxyl groups excluding tert-OH is 1. The van der Waals surface area contributed by atoms with Crippen molar-refractivity contribution in [3.05, 3.63) is 11.8 Å². The summed E-state index contributed by atoms with van der Waals surface area (Å²) >= 11 is 0. The van der Waals surface area contributed by atoms with Gasteiger partial charge in [0.2, 0.25) is 0 Å². The van der Waals surface area contributed by atoms with Crippen LogP contribution in [0.25, 0.3) is 0 Å². The van der Waals surface area contributed by atoms with Crippen LogP contribution in [0.2, 0.25) is 0 Å². The normalized spacial score (nSPS) is 20.3. The average Bonchev–Trinajstić information content (AvgIpc) is 2.60. The minimum Gasteiger partial charge on any atom is -0.396 e. The molecule has 0 bridgehead atoms. The Hall–Kier alpha value is -1.03. The lowest BCUT2D eigenvalue weighted by Gasteiger charge is -2.23. The molecule has 0 radical (unpaired) electrons. The SMILES string of the molecule is CC1CCNc2c(CCCO)cnn21. The third kappa shape index (κ3) is 1.62. The molecule has 0 aromatic carbocycles. The molecule has 14 heavy (non-hydrogen) atoms. The smallest absolute Gasteiger partial charge is 0.127 e. The molecule has 4 heteroatoms. The first kappa shape index (κ1) is 9.52. The van der Waals surface area contributed by atoms with E-state index in [4.69, 9.17) is 5.11 Å². The van der Waals surface area contributed by atoms with E-state index in [2.05, 4.69) is 22.0 Å². The molecule has 0 saturated carbocycles. The van der Waals surface area contributed by atoms with Crippen LogP contribution < -0.4 is 5.32 Å². The molecule has 4 nitrogen and oxygen atoms in total. The maximum absolute atomic E-state index is 8.77. The molecule has 1 aromatic heterocycles. The summed E-state index contributed by atoms with van der Waals surface area (Å²) in [6, 6.07) is 0.495. The molecule has 2 rings (SSSR count). The molecule has 0 aliphatic carbocycles. The van der Waals surface area contributed by atoms with Crippen molar-refractivity contribution in [3.63, 3.8) is 0 Å². The van der Waals surface area contributed by atoms with E-state index in [1.165, 1.54) is 5.56 Å². The Morgan fingerprint density at radius 3 is 3.36 bits per heavy atom. The topological polar surface area (TPSA) is 50.1 Å². The highest BCUT2D eigenvalue weighted by Crippen LogP contribution is 2.26. The Bertz CT molecular complexity index is 308. The van der Waals surface area contributed by atoms with E-state index in [9.17, 15) is 0 Å². The van der Waals surface area contributed by atoms with E-state index in [0.717, 1.165) is 31.6 Å². The minimum atomic E-state index is 0.250. The van der Waals surface area contributed by atoms with Crippen LogP contribution in [0.3, 0.4) is 0 Å². The van der Waals surface area contributed by atoms with Crippen LogP contribution in [0.5, 0.6) is 0 Å². The van der Waals surface area contributed by atoms with Gasteiger partial charge >= 0.3 is 0 Å². The Kier molecular flexibility index (Phi) is 2.72.